The number of likely N-dealkylation sites (tertiary alicyclic amines) is 1. The van der Waals surface area contributed by atoms with Gasteiger partial charge >= 0.3 is 5.97 Å². The molecule has 0 spiro atoms. The highest BCUT2D eigenvalue weighted by molar-refractivity contribution is 5.94. The van der Waals surface area contributed by atoms with Gasteiger partial charge in [0.15, 0.2) is 0 Å². The largest absolute Gasteiger partial charge is 0.481 e. The maximum Gasteiger partial charge on any atom is 0.303 e. The van der Waals surface area contributed by atoms with E-state index in [0.29, 0.717) is 25.1 Å². The summed E-state index contributed by atoms with van der Waals surface area (Å²) in [5.41, 5.74) is 0.673. The molecule has 0 bridgehead atoms. The van der Waals surface area contributed by atoms with Crippen molar-refractivity contribution in [1.29, 1.82) is 0 Å². The molecule has 4 nitrogen and oxygen atoms in total. The van der Waals surface area contributed by atoms with E-state index in [1.165, 1.54) is 0 Å². The van der Waals surface area contributed by atoms with Crippen molar-refractivity contribution < 1.29 is 14.7 Å². The summed E-state index contributed by atoms with van der Waals surface area (Å²) < 4.78 is 0. The number of carbonyl (C=O) groups is 2. The van der Waals surface area contributed by atoms with Crippen molar-refractivity contribution in [2.75, 3.05) is 13.1 Å². The molecule has 1 fully saturated rings. The molecule has 1 aliphatic rings. The van der Waals surface area contributed by atoms with Gasteiger partial charge in [0.05, 0.1) is 0 Å². The highest BCUT2D eigenvalue weighted by Crippen LogP contribution is 2.28. The van der Waals surface area contributed by atoms with Crippen molar-refractivity contribution in [2.24, 2.45) is 11.8 Å². The Hall–Kier alpha value is -2.10. The molecule has 1 amide bonds. The molecular weight excluding hydrogens is 254 g/mol. The number of aliphatic carboxylic acids is 1. The molecule has 20 heavy (non-hydrogen) atoms. The van der Waals surface area contributed by atoms with Crippen molar-refractivity contribution in [2.45, 2.75) is 12.8 Å². The second-order valence-corrected chi connectivity index (χ2v) is 5.16. The number of hydrogen-bond acceptors (Lipinski definition) is 2. The predicted octanol–water partition coefficient (Wildman–Crippen LogP) is 2.43. The molecule has 0 saturated carbocycles. The Kier molecular flexibility index (Phi) is 4.56. The van der Waals surface area contributed by atoms with Gasteiger partial charge in [-0.15, -0.1) is 6.58 Å². The number of hydrogen-bond donors (Lipinski definition) is 1. The Balaban J connectivity index is 2.05. The molecule has 0 radical (unpaired) electrons. The Morgan fingerprint density at radius 3 is 2.65 bits per heavy atom. The van der Waals surface area contributed by atoms with E-state index in [1.54, 1.807) is 23.1 Å². The molecule has 1 aliphatic heterocycles. The van der Waals surface area contributed by atoms with E-state index < -0.39 is 5.97 Å². The van der Waals surface area contributed by atoms with E-state index in [9.17, 15) is 9.59 Å². The lowest BCUT2D eigenvalue weighted by molar-refractivity contribution is -0.138. The molecule has 106 valence electrons. The lowest BCUT2D eigenvalue weighted by Gasteiger charge is -2.36. The number of carbonyl (C=O) groups excluding carboxylic acids is 1. The van der Waals surface area contributed by atoms with Gasteiger partial charge in [-0.05, 0) is 30.4 Å². The fourth-order valence-electron chi connectivity index (χ4n) is 2.72. The highest BCUT2D eigenvalue weighted by atomic mass is 16.4. The molecule has 0 aliphatic carbocycles. The van der Waals surface area contributed by atoms with Crippen LogP contribution in [0.1, 0.15) is 23.2 Å². The van der Waals surface area contributed by atoms with Gasteiger partial charge in [-0.1, -0.05) is 24.3 Å². The van der Waals surface area contributed by atoms with Crippen molar-refractivity contribution in [3.63, 3.8) is 0 Å². The number of benzene rings is 1. The van der Waals surface area contributed by atoms with Gasteiger partial charge in [0, 0.05) is 25.1 Å². The molecular formula is C16H19NO3. The molecule has 1 N–H and O–H groups in total. The second kappa shape index (κ2) is 6.37. The van der Waals surface area contributed by atoms with Crippen LogP contribution in [0.15, 0.2) is 43.0 Å². The standard InChI is InChI=1S/C16H19NO3/c1-2-12-11-17(9-8-14(12)10-15(18)19)16(20)13-6-4-3-5-7-13/h2-7,12,14H,1,8-11H2,(H,18,19). The quantitative estimate of drug-likeness (QED) is 0.857. The van der Waals surface area contributed by atoms with Crippen LogP contribution in [-0.4, -0.2) is 35.0 Å². The summed E-state index contributed by atoms with van der Waals surface area (Å²) in [5, 5.41) is 8.92. The third kappa shape index (κ3) is 3.26. The van der Waals surface area contributed by atoms with Gasteiger partial charge in [0.2, 0.25) is 0 Å². The summed E-state index contributed by atoms with van der Waals surface area (Å²) in [5.74, 6) is -0.659. The summed E-state index contributed by atoms with van der Waals surface area (Å²) in [6.07, 6.45) is 2.63. The Bertz CT molecular complexity index is 498. The van der Waals surface area contributed by atoms with Crippen LogP contribution in [0.25, 0.3) is 0 Å². The highest BCUT2D eigenvalue weighted by Gasteiger charge is 2.31. The number of piperidine rings is 1. The Morgan fingerprint density at radius 2 is 2.05 bits per heavy atom. The zero-order valence-corrected chi connectivity index (χ0v) is 11.4. The lowest BCUT2D eigenvalue weighted by Crippen LogP contribution is -2.43. The van der Waals surface area contributed by atoms with Crippen LogP contribution in [0.4, 0.5) is 0 Å². The van der Waals surface area contributed by atoms with Gasteiger partial charge < -0.3 is 10.0 Å². The van der Waals surface area contributed by atoms with Gasteiger partial charge in [-0.3, -0.25) is 9.59 Å². The van der Waals surface area contributed by atoms with Crippen LogP contribution >= 0.6 is 0 Å². The van der Waals surface area contributed by atoms with Crippen molar-refractivity contribution in [3.05, 3.63) is 48.6 Å². The molecule has 2 rings (SSSR count). The number of carboxylic acids is 1. The fourth-order valence-corrected chi connectivity index (χ4v) is 2.72. The van der Waals surface area contributed by atoms with Crippen LogP contribution in [0.2, 0.25) is 0 Å². The van der Waals surface area contributed by atoms with E-state index in [1.807, 2.05) is 18.2 Å². The van der Waals surface area contributed by atoms with Gasteiger partial charge in [0.25, 0.3) is 5.91 Å². The minimum Gasteiger partial charge on any atom is -0.481 e. The maximum absolute atomic E-state index is 12.4. The molecule has 2 atom stereocenters. The smallest absolute Gasteiger partial charge is 0.303 e. The zero-order chi connectivity index (χ0) is 14.5. The summed E-state index contributed by atoms with van der Waals surface area (Å²) in [4.78, 5) is 25.0. The Morgan fingerprint density at radius 1 is 1.35 bits per heavy atom. The van der Waals surface area contributed by atoms with Crippen LogP contribution in [-0.2, 0) is 4.79 Å². The molecule has 2 unspecified atom stereocenters. The van der Waals surface area contributed by atoms with Crippen LogP contribution in [0, 0.1) is 11.8 Å². The summed E-state index contributed by atoms with van der Waals surface area (Å²) in [6.45, 7) is 4.94. The first-order chi connectivity index (χ1) is 9.61. The maximum atomic E-state index is 12.4. The summed E-state index contributed by atoms with van der Waals surface area (Å²) >= 11 is 0. The van der Waals surface area contributed by atoms with E-state index in [-0.39, 0.29) is 24.2 Å². The monoisotopic (exact) mass is 273 g/mol. The number of nitrogens with zero attached hydrogens (tertiary/aromatic N) is 1. The minimum atomic E-state index is -0.787. The minimum absolute atomic E-state index is 0.00576. The first-order valence-corrected chi connectivity index (χ1v) is 6.80. The summed E-state index contributed by atoms with van der Waals surface area (Å²) in [7, 11) is 0. The van der Waals surface area contributed by atoms with Gasteiger partial charge in [-0.2, -0.15) is 0 Å². The normalized spacial score (nSPS) is 22.3. The summed E-state index contributed by atoms with van der Waals surface area (Å²) in [6, 6.07) is 9.16. The topological polar surface area (TPSA) is 57.6 Å². The SMILES string of the molecule is C=CC1CN(C(=O)c2ccccc2)CCC1CC(=O)O. The molecule has 1 aromatic carbocycles. The average Bonchev–Trinajstić information content (AvgIpc) is 2.47. The first-order valence-electron chi connectivity index (χ1n) is 6.80. The van der Waals surface area contributed by atoms with Crippen LogP contribution < -0.4 is 0 Å². The fraction of sp³-hybridized carbons (Fsp3) is 0.375. The number of rotatable bonds is 4. The molecule has 1 aromatic rings. The molecule has 0 aromatic heterocycles. The number of amides is 1. The third-order valence-electron chi connectivity index (χ3n) is 3.85. The molecule has 1 heterocycles. The van der Waals surface area contributed by atoms with Crippen LogP contribution in [0.3, 0.4) is 0 Å². The van der Waals surface area contributed by atoms with E-state index in [2.05, 4.69) is 6.58 Å². The zero-order valence-electron chi connectivity index (χ0n) is 11.4. The van der Waals surface area contributed by atoms with E-state index in [0.717, 1.165) is 0 Å². The van der Waals surface area contributed by atoms with E-state index >= 15 is 0 Å². The molecule has 4 heteroatoms. The Labute approximate surface area is 118 Å². The second-order valence-electron chi connectivity index (χ2n) is 5.16. The third-order valence-corrected chi connectivity index (χ3v) is 3.85. The van der Waals surface area contributed by atoms with Crippen LogP contribution in [0.5, 0.6) is 0 Å². The van der Waals surface area contributed by atoms with E-state index in [4.69, 9.17) is 5.11 Å². The lowest BCUT2D eigenvalue weighted by atomic mass is 9.83. The molecule has 1 saturated heterocycles. The first kappa shape index (κ1) is 14.3. The van der Waals surface area contributed by atoms with Gasteiger partial charge in [-0.25, -0.2) is 0 Å². The average molecular weight is 273 g/mol. The van der Waals surface area contributed by atoms with Gasteiger partial charge in [0.1, 0.15) is 0 Å². The van der Waals surface area contributed by atoms with Crippen molar-refractivity contribution in [3.8, 4) is 0 Å². The predicted molar refractivity (Wildman–Crippen MR) is 76.4 cm³/mol. The van der Waals surface area contributed by atoms with Crippen molar-refractivity contribution >= 4 is 11.9 Å². The van der Waals surface area contributed by atoms with Crippen molar-refractivity contribution in [1.82, 2.24) is 4.90 Å². The number of carboxylic acid groups (broad SMARTS) is 1.